The van der Waals surface area contributed by atoms with Crippen LogP contribution in [-0.2, 0) is 4.79 Å². The molecule has 2 rings (SSSR count). The van der Waals surface area contributed by atoms with Crippen LogP contribution >= 0.6 is 11.6 Å². The van der Waals surface area contributed by atoms with Gasteiger partial charge in [0.1, 0.15) is 11.5 Å². The van der Waals surface area contributed by atoms with Crippen molar-refractivity contribution in [2.45, 2.75) is 20.0 Å². The van der Waals surface area contributed by atoms with Gasteiger partial charge in [-0.05, 0) is 42.5 Å². The number of benzene rings is 2. The number of halogens is 3. The number of Topliss-reactive ketones (excluding diaryl/α,β-unsaturated/α-hetero) is 1. The third-order valence-corrected chi connectivity index (χ3v) is 3.59. The average molecular weight is 384 g/mol. The molecule has 0 radical (unpaired) electrons. The molecule has 2 aromatic rings. The first-order valence-electron chi connectivity index (χ1n) is 7.69. The van der Waals surface area contributed by atoms with Crippen molar-refractivity contribution in [3.63, 3.8) is 0 Å². The summed E-state index contributed by atoms with van der Waals surface area (Å²) >= 11 is 5.81. The lowest BCUT2D eigenvalue weighted by Crippen LogP contribution is -2.20. The van der Waals surface area contributed by atoms with Crippen molar-refractivity contribution in [3.05, 3.63) is 53.1 Å². The summed E-state index contributed by atoms with van der Waals surface area (Å²) in [5.74, 6) is -0.188. The molecule has 1 N–H and O–H groups in total. The largest absolute Gasteiger partial charge is 0.484 e. The summed E-state index contributed by atoms with van der Waals surface area (Å²) in [6, 6.07) is 10.4. The van der Waals surface area contributed by atoms with E-state index in [-0.39, 0.29) is 23.2 Å². The Labute approximate surface area is 153 Å². The highest BCUT2D eigenvalue weighted by Crippen LogP contribution is 2.28. The minimum atomic E-state index is -2.99. The van der Waals surface area contributed by atoms with E-state index in [0.717, 1.165) is 0 Å². The van der Waals surface area contributed by atoms with E-state index in [1.807, 2.05) is 0 Å². The van der Waals surface area contributed by atoms with E-state index in [1.54, 1.807) is 31.2 Å². The van der Waals surface area contributed by atoms with E-state index in [9.17, 15) is 18.4 Å². The molecule has 0 aliphatic heterocycles. The highest BCUT2D eigenvalue weighted by atomic mass is 35.5. The summed E-state index contributed by atoms with van der Waals surface area (Å²) < 4.78 is 33.9. The average Bonchev–Trinajstić information content (AvgIpc) is 2.62. The summed E-state index contributed by atoms with van der Waals surface area (Å²) in [5.41, 5.74) is 0.888. The zero-order valence-corrected chi connectivity index (χ0v) is 14.6. The fraction of sp³-hybridized carbons (Fsp3) is 0.222. The minimum Gasteiger partial charge on any atom is -0.484 e. The smallest absolute Gasteiger partial charge is 0.387 e. The zero-order valence-electron chi connectivity index (χ0n) is 13.8. The number of ether oxygens (including phenoxy) is 2. The Hall–Kier alpha value is -2.67. The lowest BCUT2D eigenvalue weighted by Gasteiger charge is -2.10. The third kappa shape index (κ3) is 5.70. The van der Waals surface area contributed by atoms with Gasteiger partial charge < -0.3 is 14.8 Å². The van der Waals surface area contributed by atoms with Gasteiger partial charge in [0, 0.05) is 17.7 Å². The minimum absolute atomic E-state index is 0.0189. The number of carbonyl (C=O) groups excluding carboxylic acids is 2. The molecule has 0 fully saturated rings. The Balaban J connectivity index is 1.88. The van der Waals surface area contributed by atoms with Gasteiger partial charge in [-0.1, -0.05) is 18.5 Å². The van der Waals surface area contributed by atoms with Crippen molar-refractivity contribution < 1.29 is 27.8 Å². The van der Waals surface area contributed by atoms with Crippen molar-refractivity contribution in [2.24, 2.45) is 0 Å². The lowest BCUT2D eigenvalue weighted by atomic mass is 10.1. The van der Waals surface area contributed by atoms with Crippen LogP contribution in [0.1, 0.15) is 23.7 Å². The molecule has 2 aromatic carbocycles. The highest BCUT2D eigenvalue weighted by molar-refractivity contribution is 6.32. The second-order valence-corrected chi connectivity index (χ2v) is 5.57. The molecule has 0 bridgehead atoms. The topological polar surface area (TPSA) is 64.6 Å². The first-order chi connectivity index (χ1) is 12.4. The van der Waals surface area contributed by atoms with E-state index in [1.165, 1.54) is 18.2 Å². The molecular weight excluding hydrogens is 368 g/mol. The summed E-state index contributed by atoms with van der Waals surface area (Å²) in [5, 5.41) is 2.47. The van der Waals surface area contributed by atoms with Crippen LogP contribution in [0.15, 0.2) is 42.5 Å². The van der Waals surface area contributed by atoms with Gasteiger partial charge in [-0.3, -0.25) is 9.59 Å². The zero-order chi connectivity index (χ0) is 19.1. The van der Waals surface area contributed by atoms with Crippen LogP contribution in [0.2, 0.25) is 5.02 Å². The molecule has 0 spiro atoms. The highest BCUT2D eigenvalue weighted by Gasteiger charge is 2.11. The Morgan fingerprint density at radius 2 is 1.85 bits per heavy atom. The van der Waals surface area contributed by atoms with Gasteiger partial charge >= 0.3 is 6.61 Å². The van der Waals surface area contributed by atoms with E-state index >= 15 is 0 Å². The predicted molar refractivity (Wildman–Crippen MR) is 93.3 cm³/mol. The number of anilines is 1. The Morgan fingerprint density at radius 3 is 2.42 bits per heavy atom. The van der Waals surface area contributed by atoms with E-state index in [4.69, 9.17) is 16.3 Å². The summed E-state index contributed by atoms with van der Waals surface area (Å²) in [7, 11) is 0. The van der Waals surface area contributed by atoms with Crippen LogP contribution < -0.4 is 14.8 Å². The molecule has 0 aliphatic carbocycles. The summed E-state index contributed by atoms with van der Waals surface area (Å²) in [6.45, 7) is -1.48. The standard InChI is InChI=1S/C18H16ClF2NO4/c1-2-15(23)11-3-6-13(7-4-11)25-10-17(24)22-12-5-8-16(14(19)9-12)26-18(20)21/h3-9,18H,2,10H2,1H3,(H,22,24). The summed E-state index contributed by atoms with van der Waals surface area (Å²) in [4.78, 5) is 23.4. The molecule has 0 saturated heterocycles. The van der Waals surface area contributed by atoms with Gasteiger partial charge in [-0.2, -0.15) is 8.78 Å². The maximum absolute atomic E-state index is 12.2. The molecule has 0 aliphatic rings. The quantitative estimate of drug-likeness (QED) is 0.679. The van der Waals surface area contributed by atoms with E-state index < -0.39 is 12.5 Å². The van der Waals surface area contributed by atoms with Gasteiger partial charge in [0.2, 0.25) is 0 Å². The van der Waals surface area contributed by atoms with Crippen LogP contribution in [0.5, 0.6) is 11.5 Å². The third-order valence-electron chi connectivity index (χ3n) is 3.30. The van der Waals surface area contributed by atoms with Crippen LogP contribution in [0.25, 0.3) is 0 Å². The van der Waals surface area contributed by atoms with Gasteiger partial charge in [-0.15, -0.1) is 0 Å². The van der Waals surface area contributed by atoms with Crippen molar-refractivity contribution in [1.82, 2.24) is 0 Å². The predicted octanol–water partition coefficient (Wildman–Crippen LogP) is 4.55. The second-order valence-electron chi connectivity index (χ2n) is 5.16. The van der Waals surface area contributed by atoms with Crippen molar-refractivity contribution in [1.29, 1.82) is 0 Å². The number of ketones is 1. The van der Waals surface area contributed by atoms with Crippen LogP contribution in [0.4, 0.5) is 14.5 Å². The van der Waals surface area contributed by atoms with Gasteiger partial charge in [0.05, 0.1) is 5.02 Å². The molecule has 26 heavy (non-hydrogen) atoms. The normalized spacial score (nSPS) is 10.5. The van der Waals surface area contributed by atoms with Crippen molar-refractivity contribution >= 4 is 29.0 Å². The molecule has 5 nitrogen and oxygen atoms in total. The SMILES string of the molecule is CCC(=O)c1ccc(OCC(=O)Nc2ccc(OC(F)F)c(Cl)c2)cc1. The van der Waals surface area contributed by atoms with Crippen LogP contribution in [-0.4, -0.2) is 24.9 Å². The molecule has 138 valence electrons. The molecular formula is C18H16ClF2NO4. The summed E-state index contributed by atoms with van der Waals surface area (Å²) in [6.07, 6.45) is 0.409. The number of carbonyl (C=O) groups is 2. The fourth-order valence-corrected chi connectivity index (χ4v) is 2.28. The lowest BCUT2D eigenvalue weighted by molar-refractivity contribution is -0.118. The second kappa shape index (κ2) is 9.15. The fourth-order valence-electron chi connectivity index (χ4n) is 2.06. The number of hydrogen-bond acceptors (Lipinski definition) is 4. The van der Waals surface area contributed by atoms with Gasteiger partial charge in [0.15, 0.2) is 12.4 Å². The van der Waals surface area contributed by atoms with Crippen LogP contribution in [0, 0.1) is 0 Å². The molecule has 8 heteroatoms. The van der Waals surface area contributed by atoms with Gasteiger partial charge in [-0.25, -0.2) is 0 Å². The number of nitrogens with one attached hydrogen (secondary N) is 1. The van der Waals surface area contributed by atoms with E-state index in [0.29, 0.717) is 23.4 Å². The Morgan fingerprint density at radius 1 is 1.15 bits per heavy atom. The molecule has 0 atom stereocenters. The van der Waals surface area contributed by atoms with Crippen molar-refractivity contribution in [2.75, 3.05) is 11.9 Å². The molecule has 0 aromatic heterocycles. The van der Waals surface area contributed by atoms with Gasteiger partial charge in [0.25, 0.3) is 5.91 Å². The molecule has 0 saturated carbocycles. The monoisotopic (exact) mass is 383 g/mol. The number of rotatable bonds is 8. The first kappa shape index (κ1) is 19.7. The maximum atomic E-state index is 12.2. The van der Waals surface area contributed by atoms with E-state index in [2.05, 4.69) is 10.1 Å². The number of amides is 1. The number of alkyl halides is 2. The number of hydrogen-bond donors (Lipinski definition) is 1. The molecule has 1 amide bonds. The molecule has 0 heterocycles. The maximum Gasteiger partial charge on any atom is 0.387 e. The molecule has 0 unspecified atom stereocenters. The Kier molecular flexibility index (Phi) is 6.91. The Bertz CT molecular complexity index is 781. The first-order valence-corrected chi connectivity index (χ1v) is 8.07. The van der Waals surface area contributed by atoms with Crippen LogP contribution in [0.3, 0.4) is 0 Å². The van der Waals surface area contributed by atoms with Crippen molar-refractivity contribution in [3.8, 4) is 11.5 Å².